The standard InChI is InChI=1S/C17H15NO3/c1-12(17(19)20-2)16(15-8-5-11-21-15)18-10-9-13-6-3-4-7-14(13)18/h3-11,16H,1H2,2H3/t16-/m1/s1. The summed E-state index contributed by atoms with van der Waals surface area (Å²) in [5.74, 6) is 0.195. The molecule has 0 spiro atoms. The van der Waals surface area contributed by atoms with E-state index in [1.165, 1.54) is 7.11 Å². The van der Waals surface area contributed by atoms with Gasteiger partial charge < -0.3 is 13.7 Å². The minimum absolute atomic E-state index is 0.328. The summed E-state index contributed by atoms with van der Waals surface area (Å²) < 4.78 is 12.3. The van der Waals surface area contributed by atoms with Gasteiger partial charge in [-0.1, -0.05) is 24.8 Å². The van der Waals surface area contributed by atoms with Gasteiger partial charge >= 0.3 is 5.97 Å². The van der Waals surface area contributed by atoms with Crippen molar-refractivity contribution in [3.8, 4) is 0 Å². The number of hydrogen-bond donors (Lipinski definition) is 0. The number of methoxy groups -OCH3 is 1. The maximum atomic E-state index is 11.9. The molecule has 1 aromatic carbocycles. The fraction of sp³-hybridized carbons (Fsp3) is 0.118. The molecule has 2 aromatic heterocycles. The number of esters is 1. The normalized spacial score (nSPS) is 12.2. The Morgan fingerprint density at radius 3 is 2.76 bits per heavy atom. The quantitative estimate of drug-likeness (QED) is 0.542. The predicted octanol–water partition coefficient (Wildman–Crippen LogP) is 3.55. The van der Waals surface area contributed by atoms with Gasteiger partial charge in [-0.15, -0.1) is 0 Å². The highest BCUT2D eigenvalue weighted by Crippen LogP contribution is 2.30. The third-order valence-electron chi connectivity index (χ3n) is 3.50. The third-order valence-corrected chi connectivity index (χ3v) is 3.50. The summed E-state index contributed by atoms with van der Waals surface area (Å²) in [6.07, 6.45) is 3.50. The number of ether oxygens (including phenoxy) is 1. The van der Waals surface area contributed by atoms with Crippen LogP contribution in [0.2, 0.25) is 0 Å². The molecular formula is C17H15NO3. The molecule has 0 fully saturated rings. The van der Waals surface area contributed by atoms with Crippen LogP contribution in [0.5, 0.6) is 0 Å². The predicted molar refractivity (Wildman–Crippen MR) is 79.9 cm³/mol. The minimum Gasteiger partial charge on any atom is -0.467 e. The van der Waals surface area contributed by atoms with Crippen molar-refractivity contribution in [2.24, 2.45) is 0 Å². The highest BCUT2D eigenvalue weighted by Gasteiger charge is 2.26. The van der Waals surface area contributed by atoms with Crippen LogP contribution in [0.15, 0.2) is 71.5 Å². The second-order valence-corrected chi connectivity index (χ2v) is 4.72. The Kier molecular flexibility index (Phi) is 3.36. The second kappa shape index (κ2) is 5.32. The van der Waals surface area contributed by atoms with Crippen molar-refractivity contribution in [3.63, 3.8) is 0 Å². The lowest BCUT2D eigenvalue weighted by Gasteiger charge is -2.19. The van der Waals surface area contributed by atoms with Gasteiger partial charge in [0, 0.05) is 11.7 Å². The Hall–Kier alpha value is -2.75. The zero-order valence-corrected chi connectivity index (χ0v) is 11.7. The first kappa shape index (κ1) is 13.2. The van der Waals surface area contributed by atoms with E-state index in [0.29, 0.717) is 11.3 Å². The molecule has 0 radical (unpaired) electrons. The largest absolute Gasteiger partial charge is 0.467 e. The Bertz CT molecular complexity index is 783. The second-order valence-electron chi connectivity index (χ2n) is 4.72. The molecule has 0 aliphatic carbocycles. The lowest BCUT2D eigenvalue weighted by Crippen LogP contribution is -2.18. The fourth-order valence-corrected chi connectivity index (χ4v) is 2.50. The van der Waals surface area contributed by atoms with Crippen LogP contribution in [0.3, 0.4) is 0 Å². The number of carbonyl (C=O) groups excluding carboxylic acids is 1. The Morgan fingerprint density at radius 2 is 2.05 bits per heavy atom. The van der Waals surface area contributed by atoms with Gasteiger partial charge in [-0.25, -0.2) is 4.79 Å². The Morgan fingerprint density at radius 1 is 1.24 bits per heavy atom. The van der Waals surface area contributed by atoms with Gasteiger partial charge in [0.15, 0.2) is 0 Å². The zero-order chi connectivity index (χ0) is 14.8. The van der Waals surface area contributed by atoms with Crippen molar-refractivity contribution in [2.45, 2.75) is 6.04 Å². The first-order chi connectivity index (χ1) is 10.2. The zero-order valence-electron chi connectivity index (χ0n) is 11.7. The molecule has 0 aliphatic rings. The maximum Gasteiger partial charge on any atom is 0.335 e. The number of fused-ring (bicyclic) bond motifs is 1. The van der Waals surface area contributed by atoms with Crippen LogP contribution in [-0.4, -0.2) is 17.6 Å². The molecule has 0 aliphatic heterocycles. The van der Waals surface area contributed by atoms with Gasteiger partial charge in [0.05, 0.1) is 18.9 Å². The van der Waals surface area contributed by atoms with E-state index < -0.39 is 12.0 Å². The van der Waals surface area contributed by atoms with E-state index in [1.807, 2.05) is 47.2 Å². The van der Waals surface area contributed by atoms with E-state index in [4.69, 9.17) is 9.15 Å². The molecule has 21 heavy (non-hydrogen) atoms. The SMILES string of the molecule is C=C(C(=O)OC)[C@H](c1ccco1)n1ccc2ccccc21. The van der Waals surface area contributed by atoms with Gasteiger partial charge in [-0.3, -0.25) is 0 Å². The summed E-state index contributed by atoms with van der Waals surface area (Å²) in [4.78, 5) is 11.9. The first-order valence-electron chi connectivity index (χ1n) is 6.58. The average molecular weight is 281 g/mol. The summed E-state index contributed by atoms with van der Waals surface area (Å²) in [6, 6.07) is 13.1. The summed E-state index contributed by atoms with van der Waals surface area (Å²) in [5.41, 5.74) is 1.33. The van der Waals surface area contributed by atoms with Gasteiger partial charge in [0.25, 0.3) is 0 Å². The van der Waals surface area contributed by atoms with Crippen molar-refractivity contribution >= 4 is 16.9 Å². The summed E-state index contributed by atoms with van der Waals surface area (Å²) in [6.45, 7) is 3.89. The van der Waals surface area contributed by atoms with Crippen LogP contribution >= 0.6 is 0 Å². The Balaban J connectivity index is 2.16. The summed E-state index contributed by atoms with van der Waals surface area (Å²) in [7, 11) is 1.35. The van der Waals surface area contributed by atoms with Crippen LogP contribution in [-0.2, 0) is 9.53 Å². The highest BCUT2D eigenvalue weighted by atomic mass is 16.5. The van der Waals surface area contributed by atoms with E-state index >= 15 is 0 Å². The van der Waals surface area contributed by atoms with Crippen molar-refractivity contribution in [1.82, 2.24) is 4.57 Å². The average Bonchev–Trinajstić information content (AvgIpc) is 3.17. The molecule has 3 aromatic rings. The number of para-hydroxylation sites is 1. The van der Waals surface area contributed by atoms with Gasteiger partial charge in [-0.2, -0.15) is 0 Å². The molecule has 0 N–H and O–H groups in total. The lowest BCUT2D eigenvalue weighted by molar-refractivity contribution is -0.136. The molecule has 0 saturated carbocycles. The summed E-state index contributed by atoms with van der Waals surface area (Å²) >= 11 is 0. The van der Waals surface area contributed by atoms with E-state index in [9.17, 15) is 4.79 Å². The molecule has 0 unspecified atom stereocenters. The number of hydrogen-bond acceptors (Lipinski definition) is 3. The van der Waals surface area contributed by atoms with Crippen LogP contribution in [0.4, 0.5) is 0 Å². The number of carbonyl (C=O) groups is 1. The van der Waals surface area contributed by atoms with E-state index in [2.05, 4.69) is 6.58 Å². The maximum absolute atomic E-state index is 11.9. The van der Waals surface area contributed by atoms with E-state index in [1.54, 1.807) is 12.3 Å². The van der Waals surface area contributed by atoms with Gasteiger partial charge in [0.2, 0.25) is 0 Å². The lowest BCUT2D eigenvalue weighted by atomic mass is 10.1. The van der Waals surface area contributed by atoms with Gasteiger partial charge in [-0.05, 0) is 29.7 Å². The minimum atomic E-state index is -0.450. The molecule has 0 bridgehead atoms. The molecule has 0 amide bonds. The van der Waals surface area contributed by atoms with Crippen LogP contribution in [0.25, 0.3) is 10.9 Å². The molecular weight excluding hydrogens is 266 g/mol. The number of aromatic nitrogens is 1. The molecule has 4 nitrogen and oxygen atoms in total. The Labute approximate surface area is 122 Å². The number of furan rings is 1. The molecule has 0 saturated heterocycles. The summed E-state index contributed by atoms with van der Waals surface area (Å²) in [5, 5.41) is 1.09. The molecule has 1 atom stereocenters. The smallest absolute Gasteiger partial charge is 0.335 e. The van der Waals surface area contributed by atoms with E-state index in [0.717, 1.165) is 10.9 Å². The van der Waals surface area contributed by atoms with Crippen molar-refractivity contribution in [1.29, 1.82) is 0 Å². The molecule has 3 rings (SSSR count). The van der Waals surface area contributed by atoms with Crippen molar-refractivity contribution < 1.29 is 13.9 Å². The number of benzene rings is 1. The van der Waals surface area contributed by atoms with E-state index in [-0.39, 0.29) is 0 Å². The molecule has 4 heteroatoms. The topological polar surface area (TPSA) is 44.4 Å². The number of nitrogens with zero attached hydrogens (tertiary/aromatic N) is 1. The molecule has 106 valence electrons. The van der Waals surface area contributed by atoms with Crippen LogP contribution < -0.4 is 0 Å². The van der Waals surface area contributed by atoms with Crippen LogP contribution in [0.1, 0.15) is 11.8 Å². The van der Waals surface area contributed by atoms with Crippen molar-refractivity contribution in [2.75, 3.05) is 7.11 Å². The fourth-order valence-electron chi connectivity index (χ4n) is 2.50. The van der Waals surface area contributed by atoms with Crippen LogP contribution in [0, 0.1) is 0 Å². The molecule has 2 heterocycles. The third kappa shape index (κ3) is 2.25. The van der Waals surface area contributed by atoms with Gasteiger partial charge in [0.1, 0.15) is 11.8 Å². The monoisotopic (exact) mass is 281 g/mol. The highest BCUT2D eigenvalue weighted by molar-refractivity contribution is 5.90. The first-order valence-corrected chi connectivity index (χ1v) is 6.58. The number of rotatable bonds is 4. The van der Waals surface area contributed by atoms with Crippen molar-refractivity contribution in [3.05, 3.63) is 72.8 Å².